The highest BCUT2D eigenvalue weighted by molar-refractivity contribution is 6.00. The van der Waals surface area contributed by atoms with Crippen molar-refractivity contribution in [2.24, 2.45) is 7.05 Å². The summed E-state index contributed by atoms with van der Waals surface area (Å²) in [5.41, 5.74) is 15.2. The van der Waals surface area contributed by atoms with E-state index < -0.39 is 0 Å². The SMILES string of the molecule is Cc1cc(C)c2c(c1)nc(Nc1ccc(-c3cn([C@H]4CC[C@@H](N5CCN(C)CC5)CC4)c4ncnc(N)c34)cc1)n2C. The van der Waals surface area contributed by atoms with Gasteiger partial charge in [0.1, 0.15) is 17.8 Å². The van der Waals surface area contributed by atoms with E-state index in [1.54, 1.807) is 6.33 Å². The van der Waals surface area contributed by atoms with E-state index in [4.69, 9.17) is 15.7 Å². The molecule has 0 atom stereocenters. The van der Waals surface area contributed by atoms with Gasteiger partial charge in [0.15, 0.2) is 0 Å². The molecule has 0 radical (unpaired) electrons. The Morgan fingerprint density at radius 1 is 0.881 bits per heavy atom. The molecule has 7 rings (SSSR count). The molecule has 0 unspecified atom stereocenters. The molecule has 218 valence electrons. The minimum atomic E-state index is 0.421. The van der Waals surface area contributed by atoms with E-state index in [0.29, 0.717) is 17.9 Å². The lowest BCUT2D eigenvalue weighted by Gasteiger charge is -2.41. The van der Waals surface area contributed by atoms with E-state index in [-0.39, 0.29) is 0 Å². The lowest BCUT2D eigenvalue weighted by atomic mass is 9.89. The van der Waals surface area contributed by atoms with Crippen molar-refractivity contribution in [2.75, 3.05) is 44.3 Å². The van der Waals surface area contributed by atoms with E-state index in [1.807, 2.05) is 0 Å². The van der Waals surface area contributed by atoms with Gasteiger partial charge in [0, 0.05) is 62.8 Å². The number of benzene rings is 2. The third-order valence-electron chi connectivity index (χ3n) is 9.51. The van der Waals surface area contributed by atoms with Gasteiger partial charge in [-0.25, -0.2) is 15.0 Å². The van der Waals surface area contributed by atoms with Crippen LogP contribution in [0.25, 0.3) is 33.2 Å². The van der Waals surface area contributed by atoms with E-state index >= 15 is 0 Å². The maximum Gasteiger partial charge on any atom is 0.208 e. The van der Waals surface area contributed by atoms with Gasteiger partial charge in [-0.3, -0.25) is 4.90 Å². The van der Waals surface area contributed by atoms with Gasteiger partial charge in [-0.15, -0.1) is 0 Å². The van der Waals surface area contributed by atoms with Crippen LogP contribution in [0.2, 0.25) is 0 Å². The lowest BCUT2D eigenvalue weighted by molar-refractivity contribution is 0.0828. The minimum absolute atomic E-state index is 0.421. The zero-order chi connectivity index (χ0) is 29.0. The van der Waals surface area contributed by atoms with Crippen molar-refractivity contribution in [2.45, 2.75) is 51.6 Å². The van der Waals surface area contributed by atoms with E-state index in [2.05, 4.69) is 99.8 Å². The van der Waals surface area contributed by atoms with Crippen molar-refractivity contribution in [3.8, 4) is 11.1 Å². The van der Waals surface area contributed by atoms with Gasteiger partial charge in [0.25, 0.3) is 0 Å². The van der Waals surface area contributed by atoms with Crippen LogP contribution in [0.15, 0.2) is 48.9 Å². The Morgan fingerprint density at radius 3 is 2.33 bits per heavy atom. The maximum atomic E-state index is 6.48. The molecule has 9 heteroatoms. The second-order valence-corrected chi connectivity index (χ2v) is 12.4. The number of nitrogen functional groups attached to an aromatic ring is 1. The topological polar surface area (TPSA) is 93.1 Å². The van der Waals surface area contributed by atoms with Crippen molar-refractivity contribution in [3.05, 3.63) is 60.0 Å². The molecule has 4 heterocycles. The van der Waals surface area contributed by atoms with Crippen LogP contribution in [0.1, 0.15) is 42.9 Å². The monoisotopic (exact) mass is 563 g/mol. The standard InChI is InChI=1S/C33H41N9/c1-21-17-22(2)30-28(18-21)38-33(40(30)4)37-24-7-5-23(6-8-24)27-19-42(32-29(27)31(34)35-20-36-32)26-11-9-25(10-12-26)41-15-13-39(3)14-16-41/h5-8,17-20,25-26H,9-16H2,1-4H3,(H,37,38)(H2,34,35,36)/t25-,26+. The zero-order valence-corrected chi connectivity index (χ0v) is 25.1. The van der Waals surface area contributed by atoms with Crippen LogP contribution in [-0.4, -0.2) is 73.2 Å². The van der Waals surface area contributed by atoms with Crippen molar-refractivity contribution in [1.82, 2.24) is 33.9 Å². The molecule has 2 aromatic carbocycles. The third kappa shape index (κ3) is 4.80. The molecule has 2 fully saturated rings. The molecular weight excluding hydrogens is 522 g/mol. The van der Waals surface area contributed by atoms with Crippen LogP contribution in [0.4, 0.5) is 17.5 Å². The summed E-state index contributed by atoms with van der Waals surface area (Å²) >= 11 is 0. The van der Waals surface area contributed by atoms with Crippen molar-refractivity contribution in [3.63, 3.8) is 0 Å². The summed E-state index contributed by atoms with van der Waals surface area (Å²) in [5, 5.41) is 4.46. The number of aryl methyl sites for hydroxylation is 3. The minimum Gasteiger partial charge on any atom is -0.383 e. The second-order valence-electron chi connectivity index (χ2n) is 12.4. The largest absolute Gasteiger partial charge is 0.383 e. The summed E-state index contributed by atoms with van der Waals surface area (Å²) in [6, 6.07) is 14.0. The number of nitrogens with zero attached hydrogens (tertiary/aromatic N) is 7. The molecule has 3 aromatic heterocycles. The van der Waals surface area contributed by atoms with Crippen LogP contribution in [-0.2, 0) is 7.05 Å². The number of anilines is 3. The Labute approximate surface area is 247 Å². The molecule has 0 bridgehead atoms. The van der Waals surface area contributed by atoms with Crippen LogP contribution in [0, 0.1) is 13.8 Å². The van der Waals surface area contributed by atoms with Crippen LogP contribution in [0.5, 0.6) is 0 Å². The van der Waals surface area contributed by atoms with Crippen molar-refractivity contribution >= 4 is 39.5 Å². The Bertz CT molecular complexity index is 1730. The maximum absolute atomic E-state index is 6.48. The quantitative estimate of drug-likeness (QED) is 0.285. The number of fused-ring (bicyclic) bond motifs is 2. The van der Waals surface area contributed by atoms with E-state index in [0.717, 1.165) is 57.7 Å². The second kappa shape index (κ2) is 10.7. The summed E-state index contributed by atoms with van der Waals surface area (Å²) in [7, 11) is 4.29. The fraction of sp³-hybridized carbons (Fsp3) is 0.424. The lowest BCUT2D eigenvalue weighted by Crippen LogP contribution is -2.49. The molecule has 1 aliphatic heterocycles. The number of nitrogens with one attached hydrogen (secondary N) is 1. The number of nitrogens with two attached hydrogens (primary N) is 1. The molecule has 0 spiro atoms. The molecule has 9 nitrogen and oxygen atoms in total. The van der Waals surface area contributed by atoms with Gasteiger partial charge in [-0.1, -0.05) is 18.2 Å². The highest BCUT2D eigenvalue weighted by atomic mass is 15.3. The normalized spacial score (nSPS) is 20.5. The first-order chi connectivity index (χ1) is 20.4. The van der Waals surface area contributed by atoms with Gasteiger partial charge in [-0.2, -0.15) is 0 Å². The van der Waals surface area contributed by atoms with Crippen molar-refractivity contribution < 1.29 is 0 Å². The van der Waals surface area contributed by atoms with Gasteiger partial charge in [0.2, 0.25) is 5.95 Å². The zero-order valence-electron chi connectivity index (χ0n) is 25.1. The smallest absolute Gasteiger partial charge is 0.208 e. The Hall–Kier alpha value is -3.95. The number of hydrogen-bond acceptors (Lipinski definition) is 7. The molecule has 3 N–H and O–H groups in total. The van der Waals surface area contributed by atoms with Gasteiger partial charge in [-0.05, 0) is 81.5 Å². The summed E-state index contributed by atoms with van der Waals surface area (Å²) in [5.74, 6) is 1.36. The molecule has 1 saturated heterocycles. The highest BCUT2D eigenvalue weighted by Crippen LogP contribution is 2.39. The van der Waals surface area contributed by atoms with Crippen LogP contribution < -0.4 is 11.1 Å². The highest BCUT2D eigenvalue weighted by Gasteiger charge is 2.30. The molecule has 5 aromatic rings. The number of rotatable bonds is 5. The summed E-state index contributed by atoms with van der Waals surface area (Å²) in [4.78, 5) is 19.1. The summed E-state index contributed by atoms with van der Waals surface area (Å²) in [6.45, 7) is 8.98. The van der Waals surface area contributed by atoms with Crippen molar-refractivity contribution in [1.29, 1.82) is 0 Å². The average Bonchev–Trinajstić information content (AvgIpc) is 3.52. The molecule has 0 amide bonds. The van der Waals surface area contributed by atoms with Gasteiger partial charge >= 0.3 is 0 Å². The van der Waals surface area contributed by atoms with Crippen LogP contribution in [0.3, 0.4) is 0 Å². The van der Waals surface area contributed by atoms with Crippen LogP contribution >= 0.6 is 0 Å². The Morgan fingerprint density at radius 2 is 1.60 bits per heavy atom. The summed E-state index contributed by atoms with van der Waals surface area (Å²) in [6.07, 6.45) is 8.63. The van der Waals surface area contributed by atoms with Gasteiger partial charge < -0.3 is 25.1 Å². The predicted octanol–water partition coefficient (Wildman–Crippen LogP) is 5.66. The first kappa shape index (κ1) is 26.9. The fourth-order valence-electron chi connectivity index (χ4n) is 7.22. The fourth-order valence-corrected chi connectivity index (χ4v) is 7.22. The van der Waals surface area contributed by atoms with Gasteiger partial charge in [0.05, 0.1) is 16.4 Å². The number of imidazole rings is 1. The van der Waals surface area contributed by atoms with E-state index in [1.165, 1.54) is 50.1 Å². The average molecular weight is 564 g/mol. The third-order valence-corrected chi connectivity index (χ3v) is 9.51. The number of likely N-dealkylation sites (N-methyl/N-ethyl adjacent to an activating group) is 1. The molecule has 1 saturated carbocycles. The molecule has 42 heavy (non-hydrogen) atoms. The first-order valence-electron chi connectivity index (χ1n) is 15.2. The number of piperazine rings is 1. The molecule has 1 aliphatic carbocycles. The molecule has 2 aliphatic rings. The Kier molecular flexibility index (Phi) is 6.86. The predicted molar refractivity (Wildman–Crippen MR) is 171 cm³/mol. The first-order valence-corrected chi connectivity index (χ1v) is 15.2. The Balaban J connectivity index is 1.13. The summed E-state index contributed by atoms with van der Waals surface area (Å²) < 4.78 is 4.50. The van der Waals surface area contributed by atoms with E-state index in [9.17, 15) is 0 Å². The number of aromatic nitrogens is 5. The molecular formula is C33H41N9. The number of hydrogen-bond donors (Lipinski definition) is 2.